The number of nitrogens with zero attached hydrogens (tertiary/aromatic N) is 1. The number of ether oxygens (including phenoxy) is 1. The molecule has 19 heavy (non-hydrogen) atoms. The Balaban J connectivity index is 0.00000162. The zero-order valence-corrected chi connectivity index (χ0v) is 12.8. The molecule has 110 valence electrons. The van der Waals surface area contributed by atoms with Crippen molar-refractivity contribution in [2.45, 2.75) is 13.0 Å². The van der Waals surface area contributed by atoms with Crippen LogP contribution in [0.3, 0.4) is 0 Å². The minimum absolute atomic E-state index is 0. The Labute approximate surface area is 126 Å². The molecule has 0 radical (unpaired) electrons. The van der Waals surface area contributed by atoms with Gasteiger partial charge in [-0.15, -0.1) is 24.8 Å². The fourth-order valence-electron chi connectivity index (χ4n) is 2.30. The summed E-state index contributed by atoms with van der Waals surface area (Å²) in [6.07, 6.45) is 0. The summed E-state index contributed by atoms with van der Waals surface area (Å²) in [5.74, 6) is 0.556. The minimum atomic E-state index is -0.206. The smallest absolute Gasteiger partial charge is 0.123 e. The normalized spacial score (nSPS) is 17.0. The Morgan fingerprint density at radius 2 is 1.89 bits per heavy atom. The molecule has 1 aromatic rings. The predicted octanol–water partition coefficient (Wildman–Crippen LogP) is 2.64. The van der Waals surface area contributed by atoms with Crippen molar-refractivity contribution in [1.82, 2.24) is 10.2 Å². The molecule has 0 saturated carbocycles. The van der Waals surface area contributed by atoms with Crippen LogP contribution in [0, 0.1) is 5.82 Å². The molecule has 0 unspecified atom stereocenters. The topological polar surface area (TPSA) is 24.5 Å². The largest absolute Gasteiger partial charge is 0.496 e. The number of halogens is 3. The van der Waals surface area contributed by atoms with Crippen LogP contribution in [0.15, 0.2) is 18.2 Å². The number of hydrogen-bond donors (Lipinski definition) is 1. The monoisotopic (exact) mass is 310 g/mol. The molecule has 1 fully saturated rings. The predicted molar refractivity (Wildman–Crippen MR) is 80.3 cm³/mol. The van der Waals surface area contributed by atoms with Gasteiger partial charge in [-0.25, -0.2) is 4.39 Å². The number of rotatable bonds is 3. The molecule has 6 heteroatoms. The standard InChI is InChI=1S/C13H19FN2O.2ClH/c1-10(16-7-5-15-6-8-16)12-9-11(14)3-4-13(12)17-2;;/h3-4,9-10,15H,5-8H2,1-2H3;2*1H/t10-;;/m1../s1. The second kappa shape index (κ2) is 8.59. The lowest BCUT2D eigenvalue weighted by atomic mass is 10.0. The first kappa shape index (κ1) is 18.4. The van der Waals surface area contributed by atoms with E-state index < -0.39 is 0 Å². The van der Waals surface area contributed by atoms with E-state index in [0.717, 1.165) is 37.5 Å². The van der Waals surface area contributed by atoms with Crippen LogP contribution >= 0.6 is 24.8 Å². The van der Waals surface area contributed by atoms with Gasteiger partial charge in [-0.3, -0.25) is 4.90 Å². The number of methoxy groups -OCH3 is 1. The van der Waals surface area contributed by atoms with Gasteiger partial charge >= 0.3 is 0 Å². The van der Waals surface area contributed by atoms with Gasteiger partial charge in [-0.1, -0.05) is 0 Å². The van der Waals surface area contributed by atoms with E-state index in [1.165, 1.54) is 6.07 Å². The summed E-state index contributed by atoms with van der Waals surface area (Å²) in [6, 6.07) is 4.89. The number of benzene rings is 1. The number of hydrogen-bond acceptors (Lipinski definition) is 3. The Kier molecular flexibility index (Phi) is 8.34. The third-order valence-electron chi connectivity index (χ3n) is 3.34. The fraction of sp³-hybridized carbons (Fsp3) is 0.538. The van der Waals surface area contributed by atoms with E-state index in [2.05, 4.69) is 17.1 Å². The average Bonchev–Trinajstić information content (AvgIpc) is 2.39. The second-order valence-corrected chi connectivity index (χ2v) is 4.35. The highest BCUT2D eigenvalue weighted by Gasteiger charge is 2.21. The van der Waals surface area contributed by atoms with E-state index in [4.69, 9.17) is 4.74 Å². The first-order valence-electron chi connectivity index (χ1n) is 6.00. The maximum Gasteiger partial charge on any atom is 0.123 e. The molecule has 1 saturated heterocycles. The molecule has 0 aliphatic carbocycles. The molecule has 1 aliphatic rings. The highest BCUT2D eigenvalue weighted by Crippen LogP contribution is 2.29. The van der Waals surface area contributed by atoms with E-state index >= 15 is 0 Å². The van der Waals surface area contributed by atoms with Crippen LogP contribution in [-0.2, 0) is 0 Å². The highest BCUT2D eigenvalue weighted by molar-refractivity contribution is 5.85. The summed E-state index contributed by atoms with van der Waals surface area (Å²) in [5.41, 5.74) is 0.925. The summed E-state index contributed by atoms with van der Waals surface area (Å²) in [7, 11) is 1.63. The van der Waals surface area contributed by atoms with Gasteiger partial charge in [-0.05, 0) is 25.1 Å². The second-order valence-electron chi connectivity index (χ2n) is 4.35. The lowest BCUT2D eigenvalue weighted by Gasteiger charge is -2.33. The van der Waals surface area contributed by atoms with Gasteiger partial charge in [0.1, 0.15) is 11.6 Å². The molecule has 3 nitrogen and oxygen atoms in total. The van der Waals surface area contributed by atoms with Gasteiger partial charge in [0.15, 0.2) is 0 Å². The van der Waals surface area contributed by atoms with Crippen molar-refractivity contribution in [1.29, 1.82) is 0 Å². The van der Waals surface area contributed by atoms with Crippen LogP contribution in [-0.4, -0.2) is 38.2 Å². The maximum absolute atomic E-state index is 13.3. The zero-order chi connectivity index (χ0) is 12.3. The third-order valence-corrected chi connectivity index (χ3v) is 3.34. The molecule has 1 N–H and O–H groups in total. The van der Waals surface area contributed by atoms with E-state index in [9.17, 15) is 4.39 Å². The zero-order valence-electron chi connectivity index (χ0n) is 11.2. The Bertz CT molecular complexity index is 387. The van der Waals surface area contributed by atoms with Crippen LogP contribution in [0.2, 0.25) is 0 Å². The quantitative estimate of drug-likeness (QED) is 0.929. The van der Waals surface area contributed by atoms with Crippen molar-refractivity contribution in [3.05, 3.63) is 29.6 Å². The molecule has 1 aliphatic heterocycles. The van der Waals surface area contributed by atoms with Gasteiger partial charge in [0.25, 0.3) is 0 Å². The van der Waals surface area contributed by atoms with Gasteiger partial charge in [0.05, 0.1) is 7.11 Å². The SMILES string of the molecule is COc1ccc(F)cc1[C@@H](C)N1CCNCC1.Cl.Cl. The Morgan fingerprint density at radius 3 is 2.47 bits per heavy atom. The fourth-order valence-corrected chi connectivity index (χ4v) is 2.30. The number of piperazine rings is 1. The highest BCUT2D eigenvalue weighted by atomic mass is 35.5. The van der Waals surface area contributed by atoms with E-state index in [1.54, 1.807) is 19.2 Å². The first-order chi connectivity index (χ1) is 8.22. The van der Waals surface area contributed by atoms with Gasteiger partial charge < -0.3 is 10.1 Å². The minimum Gasteiger partial charge on any atom is -0.496 e. The lowest BCUT2D eigenvalue weighted by molar-refractivity contribution is 0.182. The van der Waals surface area contributed by atoms with Gasteiger partial charge in [0, 0.05) is 37.8 Å². The Hall–Kier alpha value is -0.550. The summed E-state index contributed by atoms with van der Waals surface area (Å²) in [4.78, 5) is 2.34. The van der Waals surface area contributed by atoms with Crippen molar-refractivity contribution in [3.8, 4) is 5.75 Å². The van der Waals surface area contributed by atoms with Gasteiger partial charge in [-0.2, -0.15) is 0 Å². The van der Waals surface area contributed by atoms with Crippen molar-refractivity contribution in [2.24, 2.45) is 0 Å². The van der Waals surface area contributed by atoms with E-state index in [-0.39, 0.29) is 36.7 Å². The lowest BCUT2D eigenvalue weighted by Crippen LogP contribution is -2.44. The first-order valence-corrected chi connectivity index (χ1v) is 6.00. The third kappa shape index (κ3) is 4.49. The van der Waals surface area contributed by atoms with Crippen molar-refractivity contribution in [3.63, 3.8) is 0 Å². The molecule has 0 bridgehead atoms. The summed E-state index contributed by atoms with van der Waals surface area (Å²) >= 11 is 0. The molecule has 2 rings (SSSR count). The molecular formula is C13H21Cl2FN2O. The van der Waals surface area contributed by atoms with Crippen molar-refractivity contribution in [2.75, 3.05) is 33.3 Å². The maximum atomic E-state index is 13.3. The van der Waals surface area contributed by atoms with Crippen LogP contribution < -0.4 is 10.1 Å². The van der Waals surface area contributed by atoms with Crippen LogP contribution in [0.1, 0.15) is 18.5 Å². The summed E-state index contributed by atoms with van der Waals surface area (Å²) in [6.45, 7) is 6.05. The molecular weight excluding hydrogens is 290 g/mol. The molecule has 0 amide bonds. The number of nitrogens with one attached hydrogen (secondary N) is 1. The van der Waals surface area contributed by atoms with E-state index in [0.29, 0.717) is 0 Å². The van der Waals surface area contributed by atoms with Crippen LogP contribution in [0.4, 0.5) is 4.39 Å². The molecule has 1 heterocycles. The molecule has 1 aromatic carbocycles. The summed E-state index contributed by atoms with van der Waals surface area (Å²) in [5, 5.41) is 3.31. The molecule has 0 spiro atoms. The summed E-state index contributed by atoms with van der Waals surface area (Å²) < 4.78 is 18.6. The average molecular weight is 311 g/mol. The van der Waals surface area contributed by atoms with Crippen LogP contribution in [0.5, 0.6) is 5.75 Å². The van der Waals surface area contributed by atoms with Crippen molar-refractivity contribution >= 4 is 24.8 Å². The van der Waals surface area contributed by atoms with Crippen molar-refractivity contribution < 1.29 is 9.13 Å². The van der Waals surface area contributed by atoms with E-state index in [1.807, 2.05) is 0 Å². The molecule has 1 atom stereocenters. The molecule has 0 aromatic heterocycles. The Morgan fingerprint density at radius 1 is 1.26 bits per heavy atom. The van der Waals surface area contributed by atoms with Gasteiger partial charge in [0.2, 0.25) is 0 Å². The van der Waals surface area contributed by atoms with Crippen LogP contribution in [0.25, 0.3) is 0 Å².